The third kappa shape index (κ3) is 2.98. The molecule has 0 aromatic heterocycles. The van der Waals surface area contributed by atoms with Crippen molar-refractivity contribution in [3.63, 3.8) is 0 Å². The van der Waals surface area contributed by atoms with Gasteiger partial charge < -0.3 is 20.6 Å². The highest BCUT2D eigenvalue weighted by Crippen LogP contribution is 2.25. The Balaban J connectivity index is 2.12. The second-order valence-electron chi connectivity index (χ2n) is 5.26. The van der Waals surface area contributed by atoms with Crippen molar-refractivity contribution in [3.8, 4) is 0 Å². The number of rotatable bonds is 3. The molecule has 19 heavy (non-hydrogen) atoms. The summed E-state index contributed by atoms with van der Waals surface area (Å²) in [5.41, 5.74) is 7.13. The summed E-state index contributed by atoms with van der Waals surface area (Å²) in [5.74, 6) is -0.970. The zero-order valence-electron chi connectivity index (χ0n) is 11.5. The largest absolute Gasteiger partial charge is 0.478 e. The summed E-state index contributed by atoms with van der Waals surface area (Å²) in [6.45, 7) is 1.90. The van der Waals surface area contributed by atoms with Crippen LogP contribution in [-0.4, -0.2) is 49.2 Å². The molecule has 1 aliphatic heterocycles. The van der Waals surface area contributed by atoms with E-state index in [0.717, 1.165) is 31.6 Å². The summed E-state index contributed by atoms with van der Waals surface area (Å²) in [5, 5.41) is 9.10. The number of nitrogen functional groups attached to an aromatic ring is 1. The summed E-state index contributed by atoms with van der Waals surface area (Å²) in [4.78, 5) is 15.6. The van der Waals surface area contributed by atoms with Crippen molar-refractivity contribution in [1.29, 1.82) is 0 Å². The maximum atomic E-state index is 11.1. The minimum Gasteiger partial charge on any atom is -0.478 e. The Kier molecular flexibility index (Phi) is 3.95. The van der Waals surface area contributed by atoms with Gasteiger partial charge >= 0.3 is 5.97 Å². The monoisotopic (exact) mass is 263 g/mol. The van der Waals surface area contributed by atoms with Crippen LogP contribution in [-0.2, 0) is 0 Å². The Hall–Kier alpha value is -1.75. The molecular weight excluding hydrogens is 242 g/mol. The lowest BCUT2D eigenvalue weighted by atomic mass is 10.0. The Morgan fingerprint density at radius 3 is 2.53 bits per heavy atom. The molecule has 1 heterocycles. The number of hydrogen-bond donors (Lipinski definition) is 2. The number of carboxylic acid groups (broad SMARTS) is 1. The predicted octanol–water partition coefficient (Wildman–Crippen LogP) is 1.50. The maximum Gasteiger partial charge on any atom is 0.337 e. The van der Waals surface area contributed by atoms with E-state index in [2.05, 4.69) is 23.9 Å². The lowest BCUT2D eigenvalue weighted by Gasteiger charge is -2.36. The number of carboxylic acids is 1. The number of anilines is 2. The van der Waals surface area contributed by atoms with E-state index in [1.165, 1.54) is 0 Å². The first-order valence-corrected chi connectivity index (χ1v) is 6.53. The smallest absolute Gasteiger partial charge is 0.337 e. The minimum atomic E-state index is -0.970. The molecule has 0 bridgehead atoms. The molecule has 0 unspecified atom stereocenters. The van der Waals surface area contributed by atoms with E-state index in [1.54, 1.807) is 12.1 Å². The summed E-state index contributed by atoms with van der Waals surface area (Å²) in [6.07, 6.45) is 2.19. The van der Waals surface area contributed by atoms with Gasteiger partial charge in [-0.15, -0.1) is 0 Å². The predicted molar refractivity (Wildman–Crippen MR) is 76.7 cm³/mol. The highest BCUT2D eigenvalue weighted by Gasteiger charge is 2.21. The van der Waals surface area contributed by atoms with Gasteiger partial charge in [-0.25, -0.2) is 4.79 Å². The quantitative estimate of drug-likeness (QED) is 0.809. The number of aromatic carboxylic acids is 1. The lowest BCUT2D eigenvalue weighted by Crippen LogP contribution is -2.42. The fourth-order valence-electron chi connectivity index (χ4n) is 2.57. The van der Waals surface area contributed by atoms with Crippen LogP contribution in [0.5, 0.6) is 0 Å². The van der Waals surface area contributed by atoms with E-state index in [-0.39, 0.29) is 5.56 Å². The molecule has 0 amide bonds. The van der Waals surface area contributed by atoms with Gasteiger partial charge in [-0.1, -0.05) is 0 Å². The molecule has 1 fully saturated rings. The summed E-state index contributed by atoms with van der Waals surface area (Å²) < 4.78 is 0. The summed E-state index contributed by atoms with van der Waals surface area (Å²) in [6, 6.07) is 5.87. The van der Waals surface area contributed by atoms with Crippen LogP contribution in [0, 0.1) is 0 Å². The van der Waals surface area contributed by atoms with Crippen LogP contribution in [0.1, 0.15) is 23.2 Å². The van der Waals surface area contributed by atoms with Gasteiger partial charge in [0.1, 0.15) is 0 Å². The molecule has 2 rings (SSSR count). The molecule has 1 aliphatic rings. The van der Waals surface area contributed by atoms with Gasteiger partial charge in [0.2, 0.25) is 0 Å². The van der Waals surface area contributed by atoms with E-state index in [9.17, 15) is 4.79 Å². The highest BCUT2D eigenvalue weighted by molar-refractivity contribution is 5.94. The first-order valence-electron chi connectivity index (χ1n) is 6.53. The van der Waals surface area contributed by atoms with Crippen LogP contribution < -0.4 is 10.6 Å². The molecular formula is C14H21N3O2. The fourth-order valence-corrected chi connectivity index (χ4v) is 2.57. The zero-order chi connectivity index (χ0) is 14.0. The van der Waals surface area contributed by atoms with E-state index in [4.69, 9.17) is 10.8 Å². The van der Waals surface area contributed by atoms with Crippen LogP contribution in [0.2, 0.25) is 0 Å². The first kappa shape index (κ1) is 13.7. The molecule has 0 aliphatic carbocycles. The van der Waals surface area contributed by atoms with Gasteiger partial charge in [-0.3, -0.25) is 0 Å². The number of benzene rings is 1. The normalized spacial score (nSPS) is 16.9. The van der Waals surface area contributed by atoms with Crippen molar-refractivity contribution in [2.45, 2.75) is 18.9 Å². The molecule has 1 saturated heterocycles. The van der Waals surface area contributed by atoms with Crippen molar-refractivity contribution in [1.82, 2.24) is 4.90 Å². The Labute approximate surface area is 113 Å². The van der Waals surface area contributed by atoms with Crippen LogP contribution in [0.3, 0.4) is 0 Å². The maximum absolute atomic E-state index is 11.1. The van der Waals surface area contributed by atoms with Gasteiger partial charge in [0.15, 0.2) is 0 Å². The van der Waals surface area contributed by atoms with Crippen LogP contribution in [0.4, 0.5) is 11.4 Å². The number of nitrogens with two attached hydrogens (primary N) is 1. The van der Waals surface area contributed by atoms with Crippen molar-refractivity contribution >= 4 is 17.3 Å². The second-order valence-corrected chi connectivity index (χ2v) is 5.26. The third-order valence-corrected chi connectivity index (χ3v) is 3.83. The van der Waals surface area contributed by atoms with Crippen molar-refractivity contribution in [2.24, 2.45) is 0 Å². The number of nitrogens with zero attached hydrogens (tertiary/aromatic N) is 2. The van der Waals surface area contributed by atoms with Crippen LogP contribution in [0.25, 0.3) is 0 Å². The third-order valence-electron chi connectivity index (χ3n) is 3.83. The van der Waals surface area contributed by atoms with Crippen LogP contribution >= 0.6 is 0 Å². The average molecular weight is 263 g/mol. The summed E-state index contributed by atoms with van der Waals surface area (Å²) in [7, 11) is 4.21. The van der Waals surface area contributed by atoms with Crippen molar-refractivity contribution < 1.29 is 9.90 Å². The molecule has 1 aromatic rings. The Morgan fingerprint density at radius 1 is 1.37 bits per heavy atom. The minimum absolute atomic E-state index is 0.187. The van der Waals surface area contributed by atoms with E-state index in [0.29, 0.717) is 11.7 Å². The molecule has 0 spiro atoms. The van der Waals surface area contributed by atoms with Gasteiger partial charge in [-0.2, -0.15) is 0 Å². The van der Waals surface area contributed by atoms with Crippen LogP contribution in [0.15, 0.2) is 18.2 Å². The molecule has 0 radical (unpaired) electrons. The van der Waals surface area contributed by atoms with Gasteiger partial charge in [0, 0.05) is 30.5 Å². The molecule has 5 nitrogen and oxygen atoms in total. The molecule has 0 saturated carbocycles. The van der Waals surface area contributed by atoms with Gasteiger partial charge in [-0.05, 0) is 45.1 Å². The van der Waals surface area contributed by atoms with Crippen molar-refractivity contribution in [2.75, 3.05) is 37.8 Å². The van der Waals surface area contributed by atoms with Crippen molar-refractivity contribution in [3.05, 3.63) is 23.8 Å². The molecule has 5 heteroatoms. The number of piperidine rings is 1. The first-order chi connectivity index (χ1) is 8.99. The number of hydrogen-bond acceptors (Lipinski definition) is 4. The standard InChI is InChI=1S/C14H21N3O2/c1-16(2)10-5-7-17(8-6-10)11-3-4-13(15)12(9-11)14(18)19/h3-4,9-10H,5-8,15H2,1-2H3,(H,18,19). The molecule has 0 atom stereocenters. The SMILES string of the molecule is CN(C)C1CCN(c2ccc(N)c(C(=O)O)c2)CC1. The average Bonchev–Trinajstić information content (AvgIpc) is 2.39. The zero-order valence-corrected chi connectivity index (χ0v) is 11.5. The second kappa shape index (κ2) is 5.48. The Bertz CT molecular complexity index is 466. The molecule has 1 aromatic carbocycles. The van der Waals surface area contributed by atoms with Gasteiger partial charge in [0.05, 0.1) is 5.56 Å². The number of carbonyl (C=O) groups is 1. The van der Waals surface area contributed by atoms with E-state index in [1.807, 2.05) is 6.07 Å². The molecule has 104 valence electrons. The Morgan fingerprint density at radius 2 is 2.00 bits per heavy atom. The summed E-state index contributed by atoms with van der Waals surface area (Å²) >= 11 is 0. The highest BCUT2D eigenvalue weighted by atomic mass is 16.4. The topological polar surface area (TPSA) is 69.8 Å². The van der Waals surface area contributed by atoms with E-state index >= 15 is 0 Å². The van der Waals surface area contributed by atoms with E-state index < -0.39 is 5.97 Å². The lowest BCUT2D eigenvalue weighted by molar-refractivity contribution is 0.0698. The molecule has 3 N–H and O–H groups in total. The van der Waals surface area contributed by atoms with Gasteiger partial charge in [0.25, 0.3) is 0 Å². The fraction of sp³-hybridized carbons (Fsp3) is 0.500.